The summed E-state index contributed by atoms with van der Waals surface area (Å²) in [5, 5.41) is 0. The molecule has 1 amide bonds. The third-order valence-corrected chi connectivity index (χ3v) is 5.15. The van der Waals surface area contributed by atoms with E-state index in [-0.39, 0.29) is 6.09 Å². The van der Waals surface area contributed by atoms with Crippen molar-refractivity contribution in [2.24, 2.45) is 0 Å². The van der Waals surface area contributed by atoms with Crippen LogP contribution in [-0.4, -0.2) is 55.8 Å². The topological polar surface area (TPSA) is 42.0 Å². The summed E-state index contributed by atoms with van der Waals surface area (Å²) in [4.78, 5) is 16.4. The van der Waals surface area contributed by atoms with Gasteiger partial charge in [-0.3, -0.25) is 4.90 Å². The van der Waals surface area contributed by atoms with Gasteiger partial charge in [0.15, 0.2) is 0 Å². The van der Waals surface area contributed by atoms with E-state index in [4.69, 9.17) is 9.47 Å². The van der Waals surface area contributed by atoms with Crippen molar-refractivity contribution in [2.45, 2.75) is 38.6 Å². The van der Waals surface area contributed by atoms with Crippen LogP contribution in [0.4, 0.5) is 4.79 Å². The number of carbonyl (C=O) groups is 1. The Bertz CT molecular complexity index is 576. The van der Waals surface area contributed by atoms with Crippen LogP contribution in [0.15, 0.2) is 18.2 Å². The van der Waals surface area contributed by atoms with Gasteiger partial charge in [0, 0.05) is 32.2 Å². The van der Waals surface area contributed by atoms with Crippen LogP contribution in [0.2, 0.25) is 0 Å². The molecule has 0 spiro atoms. The molecule has 5 nitrogen and oxygen atoms in total. The average molecular weight is 332 g/mol. The first kappa shape index (κ1) is 17.1. The predicted molar refractivity (Wildman–Crippen MR) is 93.5 cm³/mol. The van der Waals surface area contributed by atoms with Gasteiger partial charge in [-0.2, -0.15) is 0 Å². The molecule has 1 fully saturated rings. The standard InChI is InChI=1S/C19H28N2O3/c1-3-24-19(22)21-12-6-11-20(13-14-21)17-9-4-8-16-15(17)7-5-10-18(16)23-2/h5,7,10,17H,3-4,6,8-9,11-14H2,1-2H3. The van der Waals surface area contributed by atoms with Gasteiger partial charge in [-0.15, -0.1) is 0 Å². The number of benzene rings is 1. The van der Waals surface area contributed by atoms with Crippen LogP contribution < -0.4 is 4.74 Å². The third kappa shape index (κ3) is 3.51. The summed E-state index contributed by atoms with van der Waals surface area (Å²) in [6.07, 6.45) is 4.29. The number of rotatable bonds is 3. The summed E-state index contributed by atoms with van der Waals surface area (Å²) in [6, 6.07) is 6.84. The molecular weight excluding hydrogens is 304 g/mol. The molecule has 0 N–H and O–H groups in total. The number of fused-ring (bicyclic) bond motifs is 1. The van der Waals surface area contributed by atoms with Crippen molar-refractivity contribution in [3.05, 3.63) is 29.3 Å². The number of methoxy groups -OCH3 is 1. The first-order chi connectivity index (χ1) is 11.7. The molecular formula is C19H28N2O3. The predicted octanol–water partition coefficient (Wildman–Crippen LogP) is 3.24. The minimum absolute atomic E-state index is 0.176. The van der Waals surface area contributed by atoms with Gasteiger partial charge in [-0.25, -0.2) is 4.79 Å². The molecule has 1 atom stereocenters. The highest BCUT2D eigenvalue weighted by atomic mass is 16.6. The van der Waals surface area contributed by atoms with Gasteiger partial charge in [-0.1, -0.05) is 12.1 Å². The lowest BCUT2D eigenvalue weighted by molar-refractivity contribution is 0.107. The molecule has 1 heterocycles. The van der Waals surface area contributed by atoms with Gasteiger partial charge in [0.2, 0.25) is 0 Å². The lowest BCUT2D eigenvalue weighted by Crippen LogP contribution is -2.37. The van der Waals surface area contributed by atoms with E-state index in [1.807, 2.05) is 11.8 Å². The van der Waals surface area contributed by atoms with Crippen LogP contribution in [0, 0.1) is 0 Å². The van der Waals surface area contributed by atoms with Gasteiger partial charge in [-0.05, 0) is 49.8 Å². The number of nitrogens with zero attached hydrogens (tertiary/aromatic N) is 2. The molecule has 3 rings (SSSR count). The van der Waals surface area contributed by atoms with Gasteiger partial charge in [0.1, 0.15) is 5.75 Å². The molecule has 2 aliphatic rings. The first-order valence-corrected chi connectivity index (χ1v) is 9.06. The second-order valence-corrected chi connectivity index (χ2v) is 6.51. The maximum atomic E-state index is 12.0. The summed E-state index contributed by atoms with van der Waals surface area (Å²) >= 11 is 0. The van der Waals surface area contributed by atoms with Crippen LogP contribution in [-0.2, 0) is 11.2 Å². The van der Waals surface area contributed by atoms with Crippen molar-refractivity contribution in [3.63, 3.8) is 0 Å². The van der Waals surface area contributed by atoms with Crippen LogP contribution in [0.25, 0.3) is 0 Å². The zero-order valence-electron chi connectivity index (χ0n) is 14.8. The Hall–Kier alpha value is -1.75. The van der Waals surface area contributed by atoms with E-state index in [1.165, 1.54) is 24.0 Å². The SMILES string of the molecule is CCOC(=O)N1CCCN(C2CCCc3c(OC)cccc32)CC1. The Morgan fingerprint density at radius 3 is 2.88 bits per heavy atom. The number of hydrogen-bond acceptors (Lipinski definition) is 4. The Morgan fingerprint density at radius 1 is 1.21 bits per heavy atom. The molecule has 1 aromatic carbocycles. The summed E-state index contributed by atoms with van der Waals surface area (Å²) in [6.45, 7) is 5.75. The summed E-state index contributed by atoms with van der Waals surface area (Å²) < 4.78 is 10.7. The molecule has 1 aliphatic heterocycles. The highest BCUT2D eigenvalue weighted by Gasteiger charge is 2.29. The van der Waals surface area contributed by atoms with Crippen molar-refractivity contribution in [1.82, 2.24) is 9.80 Å². The van der Waals surface area contributed by atoms with Crippen LogP contribution in [0.1, 0.15) is 43.4 Å². The summed E-state index contributed by atoms with van der Waals surface area (Å²) in [5.74, 6) is 1.01. The lowest BCUT2D eigenvalue weighted by Gasteiger charge is -2.35. The van der Waals surface area contributed by atoms with E-state index in [0.717, 1.165) is 44.8 Å². The van der Waals surface area contributed by atoms with Crippen molar-refractivity contribution >= 4 is 6.09 Å². The van der Waals surface area contributed by atoms with Crippen molar-refractivity contribution in [1.29, 1.82) is 0 Å². The molecule has 1 aliphatic carbocycles. The molecule has 1 aromatic rings. The smallest absolute Gasteiger partial charge is 0.409 e. The van der Waals surface area contributed by atoms with Gasteiger partial charge in [0.25, 0.3) is 0 Å². The number of hydrogen-bond donors (Lipinski definition) is 0. The van der Waals surface area contributed by atoms with Crippen LogP contribution in [0.3, 0.4) is 0 Å². The summed E-state index contributed by atoms with van der Waals surface area (Å²) in [7, 11) is 1.75. The molecule has 24 heavy (non-hydrogen) atoms. The molecule has 1 unspecified atom stereocenters. The zero-order chi connectivity index (χ0) is 16.9. The second kappa shape index (κ2) is 7.88. The average Bonchev–Trinajstić information content (AvgIpc) is 2.87. The summed E-state index contributed by atoms with van der Waals surface area (Å²) in [5.41, 5.74) is 2.77. The number of carbonyl (C=O) groups excluding carboxylic acids is 1. The van der Waals surface area contributed by atoms with E-state index in [0.29, 0.717) is 12.6 Å². The minimum Gasteiger partial charge on any atom is -0.496 e. The van der Waals surface area contributed by atoms with E-state index in [1.54, 1.807) is 7.11 Å². The Kier molecular flexibility index (Phi) is 5.61. The quantitative estimate of drug-likeness (QED) is 0.852. The van der Waals surface area contributed by atoms with E-state index < -0.39 is 0 Å². The maximum Gasteiger partial charge on any atom is 0.409 e. The van der Waals surface area contributed by atoms with E-state index >= 15 is 0 Å². The van der Waals surface area contributed by atoms with E-state index in [9.17, 15) is 4.79 Å². The fraction of sp³-hybridized carbons (Fsp3) is 0.632. The van der Waals surface area contributed by atoms with E-state index in [2.05, 4.69) is 23.1 Å². The van der Waals surface area contributed by atoms with Gasteiger partial charge in [0.05, 0.1) is 13.7 Å². The Labute approximate surface area is 144 Å². The van der Waals surface area contributed by atoms with Crippen molar-refractivity contribution in [2.75, 3.05) is 39.9 Å². The molecule has 1 saturated heterocycles. The third-order valence-electron chi connectivity index (χ3n) is 5.15. The highest BCUT2D eigenvalue weighted by Crippen LogP contribution is 2.38. The van der Waals surface area contributed by atoms with Gasteiger partial charge < -0.3 is 14.4 Å². The van der Waals surface area contributed by atoms with Crippen molar-refractivity contribution < 1.29 is 14.3 Å². The maximum absolute atomic E-state index is 12.0. The monoisotopic (exact) mass is 332 g/mol. The minimum atomic E-state index is -0.176. The molecule has 0 aromatic heterocycles. The molecule has 0 saturated carbocycles. The van der Waals surface area contributed by atoms with Crippen LogP contribution in [0.5, 0.6) is 5.75 Å². The molecule has 0 radical (unpaired) electrons. The number of ether oxygens (including phenoxy) is 2. The Balaban J connectivity index is 1.73. The second-order valence-electron chi connectivity index (χ2n) is 6.51. The fourth-order valence-corrected chi connectivity index (χ4v) is 4.01. The zero-order valence-corrected chi connectivity index (χ0v) is 14.8. The fourth-order valence-electron chi connectivity index (χ4n) is 4.01. The van der Waals surface area contributed by atoms with Crippen molar-refractivity contribution in [3.8, 4) is 5.75 Å². The molecule has 132 valence electrons. The lowest BCUT2D eigenvalue weighted by atomic mass is 9.86. The molecule has 0 bridgehead atoms. The largest absolute Gasteiger partial charge is 0.496 e. The van der Waals surface area contributed by atoms with Crippen LogP contribution >= 0.6 is 0 Å². The highest BCUT2D eigenvalue weighted by molar-refractivity contribution is 5.67. The Morgan fingerprint density at radius 2 is 2.08 bits per heavy atom. The first-order valence-electron chi connectivity index (χ1n) is 9.06. The normalized spacial score (nSPS) is 21.8. The van der Waals surface area contributed by atoms with Gasteiger partial charge >= 0.3 is 6.09 Å². The number of amides is 1. The molecule has 5 heteroatoms.